The molecule has 0 aliphatic heterocycles. The van der Waals surface area contributed by atoms with Gasteiger partial charge in [0.1, 0.15) is 5.82 Å². The van der Waals surface area contributed by atoms with Crippen LogP contribution in [0, 0.1) is 0 Å². The van der Waals surface area contributed by atoms with E-state index < -0.39 is 0 Å². The number of carbonyl (C=O) groups excluding carboxylic acids is 1. The third kappa shape index (κ3) is 5.69. The number of hydrogen-bond acceptors (Lipinski definition) is 2. The molecule has 1 aromatic heterocycles. The second-order valence-corrected chi connectivity index (χ2v) is 9.49. The quantitative estimate of drug-likeness (QED) is 0.255. The van der Waals surface area contributed by atoms with Crippen molar-refractivity contribution in [2.75, 3.05) is 6.54 Å². The highest BCUT2D eigenvalue weighted by molar-refractivity contribution is 9.10. The van der Waals surface area contributed by atoms with E-state index in [0.717, 1.165) is 39.0 Å². The minimum Gasteiger partial charge on any atom is -0.355 e. The third-order valence-corrected chi connectivity index (χ3v) is 6.55. The van der Waals surface area contributed by atoms with Crippen molar-refractivity contribution in [1.29, 1.82) is 0 Å². The number of nitrogens with zero attached hydrogens (tertiary/aromatic N) is 2. The third-order valence-electron chi connectivity index (χ3n) is 6.06. The second kappa shape index (κ2) is 10.7. The standard InChI is InChI=1S/C30H26BrN3O/c31-26-10-6-7-23(19-26)21-34-28-12-5-4-11-27(28)33-29(34)17-18-32-30(35)20-22-13-15-25(16-14-22)24-8-2-1-3-9-24/h1-16,19H,17-18,20-21H2,(H,32,35). The molecule has 0 saturated carbocycles. The molecule has 1 amide bonds. The Balaban J connectivity index is 1.22. The van der Waals surface area contributed by atoms with Crippen molar-refractivity contribution in [2.24, 2.45) is 0 Å². The number of carbonyl (C=O) groups is 1. The van der Waals surface area contributed by atoms with E-state index in [1.54, 1.807) is 0 Å². The van der Waals surface area contributed by atoms with Crippen molar-refractivity contribution < 1.29 is 4.79 Å². The average molecular weight is 524 g/mol. The number of aromatic nitrogens is 2. The Morgan fingerprint density at radius 3 is 2.34 bits per heavy atom. The minimum absolute atomic E-state index is 0.0205. The van der Waals surface area contributed by atoms with E-state index in [0.29, 0.717) is 19.4 Å². The Hall–Kier alpha value is -3.70. The number of benzene rings is 4. The molecule has 0 spiro atoms. The molecule has 174 valence electrons. The maximum absolute atomic E-state index is 12.6. The molecular weight excluding hydrogens is 498 g/mol. The van der Waals surface area contributed by atoms with Crippen LogP contribution in [0.1, 0.15) is 17.0 Å². The summed E-state index contributed by atoms with van der Waals surface area (Å²) in [5.41, 5.74) is 6.61. The first-order chi connectivity index (χ1) is 17.2. The van der Waals surface area contributed by atoms with Gasteiger partial charge in [0.05, 0.1) is 17.5 Å². The van der Waals surface area contributed by atoms with Crippen LogP contribution < -0.4 is 5.32 Å². The summed E-state index contributed by atoms with van der Waals surface area (Å²) in [5, 5.41) is 3.07. The highest BCUT2D eigenvalue weighted by atomic mass is 79.9. The lowest BCUT2D eigenvalue weighted by Gasteiger charge is -2.11. The smallest absolute Gasteiger partial charge is 0.224 e. The minimum atomic E-state index is 0.0205. The summed E-state index contributed by atoms with van der Waals surface area (Å²) in [7, 11) is 0. The predicted molar refractivity (Wildman–Crippen MR) is 145 cm³/mol. The number of nitrogens with one attached hydrogen (secondary N) is 1. The zero-order chi connectivity index (χ0) is 24.0. The fraction of sp³-hybridized carbons (Fsp3) is 0.133. The van der Waals surface area contributed by atoms with Gasteiger partial charge in [-0.05, 0) is 46.5 Å². The Morgan fingerprint density at radius 1 is 0.800 bits per heavy atom. The molecular formula is C30H26BrN3O. The van der Waals surface area contributed by atoms with Crippen molar-refractivity contribution in [3.05, 3.63) is 125 Å². The summed E-state index contributed by atoms with van der Waals surface area (Å²) in [6.07, 6.45) is 1.03. The van der Waals surface area contributed by atoms with Gasteiger partial charge in [-0.3, -0.25) is 4.79 Å². The van der Waals surface area contributed by atoms with E-state index >= 15 is 0 Å². The lowest BCUT2D eigenvalue weighted by Crippen LogP contribution is -2.28. The van der Waals surface area contributed by atoms with Crippen LogP contribution in [0.15, 0.2) is 108 Å². The van der Waals surface area contributed by atoms with Gasteiger partial charge in [-0.1, -0.05) is 94.8 Å². The number of para-hydroxylation sites is 2. The number of rotatable bonds is 8. The first-order valence-corrected chi connectivity index (χ1v) is 12.5. The van der Waals surface area contributed by atoms with E-state index in [1.165, 1.54) is 11.1 Å². The molecule has 1 N–H and O–H groups in total. The number of amides is 1. The Bertz CT molecular complexity index is 1440. The number of halogens is 1. The maximum atomic E-state index is 12.6. The van der Waals surface area contributed by atoms with Crippen molar-refractivity contribution in [3.8, 4) is 11.1 Å². The lowest BCUT2D eigenvalue weighted by molar-refractivity contribution is -0.120. The highest BCUT2D eigenvalue weighted by Crippen LogP contribution is 2.21. The number of imidazole rings is 1. The van der Waals surface area contributed by atoms with Crippen molar-refractivity contribution in [1.82, 2.24) is 14.9 Å². The summed E-state index contributed by atoms with van der Waals surface area (Å²) in [4.78, 5) is 17.5. The summed E-state index contributed by atoms with van der Waals surface area (Å²) in [5.74, 6) is 0.991. The molecule has 0 atom stereocenters. The lowest BCUT2D eigenvalue weighted by atomic mass is 10.0. The van der Waals surface area contributed by atoms with Crippen LogP contribution in [-0.4, -0.2) is 22.0 Å². The van der Waals surface area contributed by atoms with E-state index in [4.69, 9.17) is 4.98 Å². The molecule has 4 nitrogen and oxygen atoms in total. The molecule has 0 bridgehead atoms. The van der Waals surface area contributed by atoms with E-state index in [9.17, 15) is 4.79 Å². The van der Waals surface area contributed by atoms with Gasteiger partial charge in [-0.25, -0.2) is 4.98 Å². The molecule has 5 rings (SSSR count). The molecule has 0 aliphatic carbocycles. The van der Waals surface area contributed by atoms with Crippen molar-refractivity contribution >= 4 is 32.9 Å². The first-order valence-electron chi connectivity index (χ1n) is 11.8. The molecule has 0 fully saturated rings. The topological polar surface area (TPSA) is 46.9 Å². The first kappa shape index (κ1) is 23.1. The maximum Gasteiger partial charge on any atom is 0.224 e. The number of hydrogen-bond donors (Lipinski definition) is 1. The van der Waals surface area contributed by atoms with Gasteiger partial charge in [0.2, 0.25) is 5.91 Å². The largest absolute Gasteiger partial charge is 0.355 e. The van der Waals surface area contributed by atoms with Gasteiger partial charge in [0, 0.05) is 24.0 Å². The molecule has 35 heavy (non-hydrogen) atoms. The fourth-order valence-electron chi connectivity index (χ4n) is 4.32. The zero-order valence-electron chi connectivity index (χ0n) is 19.3. The van der Waals surface area contributed by atoms with E-state index in [2.05, 4.69) is 68.3 Å². The van der Waals surface area contributed by atoms with Crippen LogP contribution in [0.5, 0.6) is 0 Å². The normalized spacial score (nSPS) is 11.0. The van der Waals surface area contributed by atoms with Crippen LogP contribution in [0.2, 0.25) is 0 Å². The summed E-state index contributed by atoms with van der Waals surface area (Å²) in [6.45, 7) is 1.28. The van der Waals surface area contributed by atoms with Gasteiger partial charge in [-0.2, -0.15) is 0 Å². The van der Waals surface area contributed by atoms with Crippen LogP contribution in [0.4, 0.5) is 0 Å². The molecule has 5 aromatic rings. The molecule has 0 radical (unpaired) electrons. The summed E-state index contributed by atoms with van der Waals surface area (Å²) in [6, 6.07) is 35.0. The molecule has 0 saturated heterocycles. The predicted octanol–water partition coefficient (Wildman–Crippen LogP) is 6.42. The average Bonchev–Trinajstić information content (AvgIpc) is 3.22. The van der Waals surface area contributed by atoms with Crippen LogP contribution in [0.3, 0.4) is 0 Å². The van der Waals surface area contributed by atoms with E-state index in [-0.39, 0.29) is 5.91 Å². The van der Waals surface area contributed by atoms with Crippen molar-refractivity contribution in [3.63, 3.8) is 0 Å². The van der Waals surface area contributed by atoms with Gasteiger partial charge in [0.25, 0.3) is 0 Å². The SMILES string of the molecule is O=C(Cc1ccc(-c2ccccc2)cc1)NCCc1nc2ccccc2n1Cc1cccc(Br)c1. The molecule has 4 aromatic carbocycles. The van der Waals surface area contributed by atoms with Crippen LogP contribution in [-0.2, 0) is 24.2 Å². The van der Waals surface area contributed by atoms with Crippen molar-refractivity contribution in [2.45, 2.75) is 19.4 Å². The molecule has 0 aliphatic rings. The van der Waals surface area contributed by atoms with Gasteiger partial charge < -0.3 is 9.88 Å². The van der Waals surface area contributed by atoms with Gasteiger partial charge in [0.15, 0.2) is 0 Å². The van der Waals surface area contributed by atoms with E-state index in [1.807, 2.05) is 60.7 Å². The number of fused-ring (bicyclic) bond motifs is 1. The monoisotopic (exact) mass is 523 g/mol. The highest BCUT2D eigenvalue weighted by Gasteiger charge is 2.12. The summed E-state index contributed by atoms with van der Waals surface area (Å²) >= 11 is 3.56. The fourth-order valence-corrected chi connectivity index (χ4v) is 4.76. The van der Waals surface area contributed by atoms with Crippen LogP contribution in [0.25, 0.3) is 22.2 Å². The second-order valence-electron chi connectivity index (χ2n) is 8.57. The Kier molecular flexibility index (Phi) is 7.05. The molecule has 1 heterocycles. The summed E-state index contributed by atoms with van der Waals surface area (Å²) < 4.78 is 3.30. The van der Waals surface area contributed by atoms with Gasteiger partial charge >= 0.3 is 0 Å². The molecule has 5 heteroatoms. The Morgan fingerprint density at radius 2 is 1.54 bits per heavy atom. The van der Waals surface area contributed by atoms with Crippen LogP contribution >= 0.6 is 15.9 Å². The molecule has 0 unspecified atom stereocenters. The Labute approximate surface area is 213 Å². The van der Waals surface area contributed by atoms with Gasteiger partial charge in [-0.15, -0.1) is 0 Å². The zero-order valence-corrected chi connectivity index (χ0v) is 20.9.